The predicted molar refractivity (Wildman–Crippen MR) is 29.4 cm³/mol. The third kappa shape index (κ3) is 3.50. The minimum atomic E-state index is 0.400. The van der Waals surface area contributed by atoms with E-state index in [9.17, 15) is 4.79 Å². The van der Waals surface area contributed by atoms with E-state index in [1.165, 1.54) is 0 Å². The summed E-state index contributed by atoms with van der Waals surface area (Å²) in [5.41, 5.74) is 0. The highest BCUT2D eigenvalue weighted by molar-refractivity contribution is 5.50. The molecule has 1 unspecified atom stereocenters. The highest BCUT2D eigenvalue weighted by atomic mass is 16.1. The zero-order valence-corrected chi connectivity index (χ0v) is 4.77. The summed E-state index contributed by atoms with van der Waals surface area (Å²) in [6.07, 6.45) is 4.37. The van der Waals surface area contributed by atoms with Gasteiger partial charge in [0, 0.05) is 6.42 Å². The Hall–Kier alpha value is -0.330. The number of hydrogen-bond donors (Lipinski definition) is 0. The van der Waals surface area contributed by atoms with Crippen LogP contribution in [0.2, 0.25) is 0 Å². The van der Waals surface area contributed by atoms with Gasteiger partial charge in [-0.2, -0.15) is 0 Å². The Bertz CT molecular complexity index is 50.1. The molecule has 0 spiro atoms. The third-order valence-electron chi connectivity index (χ3n) is 0.974. The molecule has 0 saturated heterocycles. The molecule has 0 aromatic carbocycles. The summed E-state index contributed by atoms with van der Waals surface area (Å²) in [6.45, 7) is 3.94. The first kappa shape index (κ1) is 6.67. The van der Waals surface area contributed by atoms with Gasteiger partial charge in [0.05, 0.1) is 0 Å². The van der Waals surface area contributed by atoms with Crippen molar-refractivity contribution in [3.8, 4) is 0 Å². The van der Waals surface area contributed by atoms with Crippen LogP contribution in [-0.2, 0) is 4.79 Å². The molecule has 0 rings (SSSR count). The van der Waals surface area contributed by atoms with Crippen molar-refractivity contribution >= 4 is 6.29 Å². The first-order valence-corrected chi connectivity index (χ1v) is 2.45. The first-order chi connectivity index (χ1) is 3.31. The molecule has 2 radical (unpaired) electrons. The largest absolute Gasteiger partial charge is 0.291 e. The average Bonchev–Trinajstić information content (AvgIpc) is 1.68. The Morgan fingerprint density at radius 3 is 2.57 bits per heavy atom. The van der Waals surface area contributed by atoms with Gasteiger partial charge in [0.2, 0.25) is 0 Å². The van der Waals surface area contributed by atoms with Crippen LogP contribution in [0, 0.1) is 12.3 Å². The molecular formula is C6H10O. The van der Waals surface area contributed by atoms with E-state index in [4.69, 9.17) is 0 Å². The molecule has 0 aliphatic rings. The molecule has 0 aromatic heterocycles. The lowest BCUT2D eigenvalue weighted by molar-refractivity contribution is 0.538. The van der Waals surface area contributed by atoms with Crippen molar-refractivity contribution in [3.63, 3.8) is 0 Å². The van der Waals surface area contributed by atoms with E-state index >= 15 is 0 Å². The summed E-state index contributed by atoms with van der Waals surface area (Å²) in [7, 11) is 0. The highest BCUT2D eigenvalue weighted by Crippen LogP contribution is 2.00. The Balaban J connectivity index is 2.98. The fourth-order valence-electron chi connectivity index (χ4n) is 0.249. The van der Waals surface area contributed by atoms with Crippen LogP contribution < -0.4 is 0 Å². The van der Waals surface area contributed by atoms with Crippen LogP contribution in [0.1, 0.15) is 20.3 Å². The molecule has 0 fully saturated rings. The van der Waals surface area contributed by atoms with Crippen molar-refractivity contribution in [1.29, 1.82) is 0 Å². The highest BCUT2D eigenvalue weighted by Gasteiger charge is 1.94. The molecule has 0 saturated carbocycles. The third-order valence-corrected chi connectivity index (χ3v) is 0.974. The van der Waals surface area contributed by atoms with Gasteiger partial charge in [-0.05, 0) is 12.3 Å². The lowest BCUT2D eigenvalue weighted by Crippen LogP contribution is -1.91. The van der Waals surface area contributed by atoms with E-state index < -0.39 is 0 Å². The Morgan fingerprint density at radius 2 is 2.43 bits per heavy atom. The second-order valence-electron chi connectivity index (χ2n) is 1.66. The molecule has 0 aliphatic carbocycles. The molecular weight excluding hydrogens is 88.1 g/mol. The number of carbonyl (C=O) groups excluding carboxylic acids is 1. The molecule has 40 valence electrons. The van der Waals surface area contributed by atoms with Crippen LogP contribution in [0.25, 0.3) is 0 Å². The first-order valence-electron chi connectivity index (χ1n) is 2.45. The van der Waals surface area contributed by atoms with Crippen molar-refractivity contribution in [1.82, 2.24) is 0 Å². The quantitative estimate of drug-likeness (QED) is 0.520. The van der Waals surface area contributed by atoms with Gasteiger partial charge in [-0.25, -0.2) is 0 Å². The van der Waals surface area contributed by atoms with Crippen molar-refractivity contribution in [3.05, 3.63) is 6.42 Å². The van der Waals surface area contributed by atoms with Crippen LogP contribution in [0.15, 0.2) is 0 Å². The van der Waals surface area contributed by atoms with E-state index in [0.717, 1.165) is 0 Å². The second-order valence-corrected chi connectivity index (χ2v) is 1.66. The molecule has 0 N–H and O–H groups in total. The van der Waals surface area contributed by atoms with Gasteiger partial charge in [0.1, 0.15) is 0 Å². The molecule has 7 heavy (non-hydrogen) atoms. The topological polar surface area (TPSA) is 17.1 Å². The minimum Gasteiger partial charge on any atom is -0.291 e. The number of hydrogen-bond acceptors (Lipinski definition) is 1. The normalized spacial score (nSPS) is 13.4. The van der Waals surface area contributed by atoms with E-state index in [0.29, 0.717) is 12.3 Å². The molecule has 1 heteroatoms. The zero-order valence-electron chi connectivity index (χ0n) is 4.77. The molecule has 0 amide bonds. The summed E-state index contributed by atoms with van der Waals surface area (Å²) in [5.74, 6) is 0.400. The maximum Gasteiger partial charge on any atom is 0.198 e. The monoisotopic (exact) mass is 98.1 g/mol. The Labute approximate surface area is 44.7 Å². The fraction of sp³-hybridized carbons (Fsp3) is 0.667. The van der Waals surface area contributed by atoms with E-state index in [2.05, 4.69) is 0 Å². The predicted octanol–water partition coefficient (Wildman–Crippen LogP) is 1.35. The average molecular weight is 98.1 g/mol. The van der Waals surface area contributed by atoms with Crippen LogP contribution in [0.5, 0.6) is 0 Å². The van der Waals surface area contributed by atoms with E-state index in [1.54, 1.807) is 0 Å². The standard InChI is InChI=1S/C6H10O/c1-3-6(2)4-5-7/h3,6H,4H2,1-2H3. The molecule has 0 aliphatic heterocycles. The summed E-state index contributed by atoms with van der Waals surface area (Å²) >= 11 is 0. The maximum absolute atomic E-state index is 9.63. The van der Waals surface area contributed by atoms with Gasteiger partial charge in [-0.3, -0.25) is 4.79 Å². The van der Waals surface area contributed by atoms with Gasteiger partial charge in [0.25, 0.3) is 0 Å². The van der Waals surface area contributed by atoms with Crippen molar-refractivity contribution in [2.75, 3.05) is 0 Å². The van der Waals surface area contributed by atoms with Gasteiger partial charge >= 0.3 is 0 Å². The lowest BCUT2D eigenvalue weighted by atomic mass is 10.1. The minimum absolute atomic E-state index is 0.400. The second kappa shape index (κ2) is 3.85. The molecule has 0 bridgehead atoms. The van der Waals surface area contributed by atoms with Crippen molar-refractivity contribution in [2.24, 2.45) is 5.92 Å². The van der Waals surface area contributed by atoms with Gasteiger partial charge in [0.15, 0.2) is 6.29 Å². The summed E-state index contributed by atoms with van der Waals surface area (Å²) in [4.78, 5) is 9.63. The van der Waals surface area contributed by atoms with Crippen molar-refractivity contribution < 1.29 is 4.79 Å². The Morgan fingerprint density at radius 1 is 1.86 bits per heavy atom. The number of rotatable bonds is 3. The van der Waals surface area contributed by atoms with E-state index in [1.807, 2.05) is 26.6 Å². The Kier molecular flexibility index (Phi) is 3.67. The van der Waals surface area contributed by atoms with Gasteiger partial charge in [-0.1, -0.05) is 13.8 Å². The van der Waals surface area contributed by atoms with Crippen LogP contribution >= 0.6 is 0 Å². The van der Waals surface area contributed by atoms with Crippen molar-refractivity contribution in [2.45, 2.75) is 20.3 Å². The van der Waals surface area contributed by atoms with Crippen LogP contribution in [0.4, 0.5) is 0 Å². The lowest BCUT2D eigenvalue weighted by Gasteiger charge is -1.96. The van der Waals surface area contributed by atoms with Gasteiger partial charge in [-0.15, -0.1) is 0 Å². The molecule has 0 heterocycles. The van der Waals surface area contributed by atoms with Crippen LogP contribution in [0.3, 0.4) is 0 Å². The smallest absolute Gasteiger partial charge is 0.198 e. The molecule has 1 atom stereocenters. The van der Waals surface area contributed by atoms with E-state index in [-0.39, 0.29) is 0 Å². The SMILES string of the molecule is C[CH]C(C)C[C]=O. The molecule has 1 nitrogen and oxygen atoms in total. The fourth-order valence-corrected chi connectivity index (χ4v) is 0.249. The summed E-state index contributed by atoms with van der Waals surface area (Å²) in [6, 6.07) is 0. The maximum atomic E-state index is 9.63. The zero-order chi connectivity index (χ0) is 5.70. The molecule has 0 aromatic rings. The van der Waals surface area contributed by atoms with Gasteiger partial charge < -0.3 is 0 Å². The summed E-state index contributed by atoms with van der Waals surface area (Å²) < 4.78 is 0. The summed E-state index contributed by atoms with van der Waals surface area (Å²) in [5, 5.41) is 0. The van der Waals surface area contributed by atoms with Crippen LogP contribution in [-0.4, -0.2) is 6.29 Å².